The Morgan fingerprint density at radius 3 is 2.22 bits per heavy atom. The lowest BCUT2D eigenvalue weighted by molar-refractivity contribution is -0.140. The number of ether oxygens (including phenoxy) is 1. The molecule has 3 aromatic rings. The summed E-state index contributed by atoms with van der Waals surface area (Å²) in [5, 5.41) is 0. The summed E-state index contributed by atoms with van der Waals surface area (Å²) in [5.41, 5.74) is 16.0. The number of fused-ring (bicyclic) bond motifs is 8. The van der Waals surface area contributed by atoms with Crippen molar-refractivity contribution in [3.8, 4) is 0 Å². The number of nitrogens with zero attached hydrogens (tertiary/aromatic N) is 2. The number of aryl methyl sites for hydroxylation is 3. The Morgan fingerprint density at radius 1 is 0.976 bits per heavy atom. The van der Waals surface area contributed by atoms with Crippen LogP contribution in [-0.2, 0) is 22.4 Å². The monoisotopic (exact) mass is 554 g/mol. The van der Waals surface area contributed by atoms with Gasteiger partial charge in [0.05, 0.1) is 18.5 Å². The molecule has 0 saturated carbocycles. The smallest absolute Gasteiger partial charge is 0.305 e. The van der Waals surface area contributed by atoms with E-state index in [0.29, 0.717) is 12.3 Å². The third-order valence-electron chi connectivity index (χ3n) is 7.84. The number of aromatic amines is 2. The van der Waals surface area contributed by atoms with Crippen LogP contribution < -0.4 is 0 Å². The fraction of sp³-hybridized carbons (Fsp3) is 0.400. The zero-order valence-corrected chi connectivity index (χ0v) is 26.5. The summed E-state index contributed by atoms with van der Waals surface area (Å²) >= 11 is 0. The molecule has 5 rings (SSSR count). The molecule has 2 aliphatic heterocycles. The van der Waals surface area contributed by atoms with Crippen molar-refractivity contribution >= 4 is 45.8 Å². The van der Waals surface area contributed by atoms with Crippen molar-refractivity contribution in [2.24, 2.45) is 0 Å². The number of hydrogen-bond acceptors (Lipinski definition) is 4. The van der Waals surface area contributed by atoms with Gasteiger partial charge in [0.1, 0.15) is 0 Å². The molecule has 41 heavy (non-hydrogen) atoms. The van der Waals surface area contributed by atoms with Crippen molar-refractivity contribution in [2.45, 2.75) is 87.5 Å². The fourth-order valence-electron chi connectivity index (χ4n) is 5.28. The van der Waals surface area contributed by atoms with Gasteiger partial charge in [-0.1, -0.05) is 47.3 Å². The lowest BCUT2D eigenvalue weighted by Crippen LogP contribution is -1.94. The number of hydrogen-bond donors (Lipinski definition) is 2. The molecule has 0 spiro atoms. The maximum absolute atomic E-state index is 9.96. The number of carbonyl (C=O) groups excluding carboxylic acids is 1. The van der Waals surface area contributed by atoms with Crippen molar-refractivity contribution in [3.05, 3.63) is 75.4 Å². The number of allylic oxidation sites excluding steroid dienone is 1. The molecular weight excluding hydrogens is 508 g/mol. The number of aromatic nitrogens is 4. The van der Waals surface area contributed by atoms with E-state index >= 15 is 0 Å². The maximum atomic E-state index is 9.96. The van der Waals surface area contributed by atoms with Crippen molar-refractivity contribution in [2.75, 3.05) is 7.11 Å². The molecule has 2 N–H and O–H groups in total. The molecule has 0 aromatic carbocycles. The molecule has 0 radical (unpaired) electrons. The molecule has 0 amide bonds. The van der Waals surface area contributed by atoms with Gasteiger partial charge in [0, 0.05) is 51.4 Å². The van der Waals surface area contributed by atoms with Crippen LogP contribution in [0.5, 0.6) is 0 Å². The second kappa shape index (κ2) is 13.6. The first-order valence-corrected chi connectivity index (χ1v) is 14.7. The van der Waals surface area contributed by atoms with Crippen molar-refractivity contribution in [1.82, 2.24) is 19.9 Å². The van der Waals surface area contributed by atoms with E-state index in [4.69, 9.17) is 9.97 Å². The first kappa shape index (κ1) is 31.6. The highest BCUT2D eigenvalue weighted by molar-refractivity contribution is 5.86. The van der Waals surface area contributed by atoms with Crippen LogP contribution in [-0.4, -0.2) is 33.0 Å². The van der Waals surface area contributed by atoms with Gasteiger partial charge >= 0.3 is 5.97 Å². The van der Waals surface area contributed by atoms with Crippen LogP contribution >= 0.6 is 0 Å². The average molecular weight is 555 g/mol. The lowest BCUT2D eigenvalue weighted by Gasteiger charge is -2.00. The highest BCUT2D eigenvalue weighted by atomic mass is 16.5. The van der Waals surface area contributed by atoms with Gasteiger partial charge in [0.15, 0.2) is 0 Å². The largest absolute Gasteiger partial charge is 0.469 e. The minimum absolute atomic E-state index is 0.157. The topological polar surface area (TPSA) is 83.7 Å². The molecule has 3 aromatic heterocycles. The Hall–Kier alpha value is -3.93. The summed E-state index contributed by atoms with van der Waals surface area (Å²) in [4.78, 5) is 27.3. The zero-order valence-electron chi connectivity index (χ0n) is 26.5. The predicted octanol–water partition coefficient (Wildman–Crippen LogP) is 8.95. The van der Waals surface area contributed by atoms with Gasteiger partial charge in [-0.25, -0.2) is 4.98 Å². The summed E-state index contributed by atoms with van der Waals surface area (Å²) in [6.07, 6.45) is 6.51. The fourth-order valence-corrected chi connectivity index (χ4v) is 5.28. The third-order valence-corrected chi connectivity index (χ3v) is 7.84. The molecule has 218 valence electrons. The van der Waals surface area contributed by atoms with Gasteiger partial charge in [0.25, 0.3) is 0 Å². The summed E-state index contributed by atoms with van der Waals surface area (Å²) in [6, 6.07) is 6.63. The summed E-state index contributed by atoms with van der Waals surface area (Å²) in [7, 11) is 1.38. The Kier molecular flexibility index (Phi) is 10.5. The van der Waals surface area contributed by atoms with E-state index < -0.39 is 0 Å². The summed E-state index contributed by atoms with van der Waals surface area (Å²) in [5.74, 6) is 0.213. The van der Waals surface area contributed by atoms with Crippen molar-refractivity contribution in [3.63, 3.8) is 0 Å². The minimum Gasteiger partial charge on any atom is -0.469 e. The SMILES string of the molecule is C=Cc1c(C)c2cc3nc(c(C)c4nc(cc5[nH]c(cc1[nH]2)c(C)c5CC)C(C)=C4)CC3C.CC.CCC(=O)OC. The number of carbonyl (C=O) groups is 1. The molecule has 8 bridgehead atoms. The molecule has 1 unspecified atom stereocenters. The lowest BCUT2D eigenvalue weighted by atomic mass is 10.0. The maximum Gasteiger partial charge on any atom is 0.305 e. The molecular formula is C35H46N4O2. The predicted molar refractivity (Wildman–Crippen MR) is 174 cm³/mol. The number of rotatable bonds is 3. The zero-order chi connectivity index (χ0) is 30.4. The Balaban J connectivity index is 0.000000515. The molecule has 5 heterocycles. The van der Waals surface area contributed by atoms with Gasteiger partial charge in [-0.3, -0.25) is 9.78 Å². The second-order valence-corrected chi connectivity index (χ2v) is 10.4. The van der Waals surface area contributed by atoms with E-state index in [1.807, 2.05) is 19.9 Å². The number of H-pyrrole nitrogens is 2. The molecule has 6 nitrogen and oxygen atoms in total. The molecule has 6 heteroatoms. The quantitative estimate of drug-likeness (QED) is 0.317. The van der Waals surface area contributed by atoms with Gasteiger partial charge in [0.2, 0.25) is 0 Å². The van der Waals surface area contributed by atoms with Crippen LogP contribution in [0.25, 0.3) is 39.8 Å². The number of methoxy groups -OCH3 is 1. The number of nitrogens with one attached hydrogen (secondary N) is 2. The molecule has 1 atom stereocenters. The molecule has 2 aliphatic rings. The Morgan fingerprint density at radius 2 is 1.63 bits per heavy atom. The van der Waals surface area contributed by atoms with Crippen LogP contribution in [0.4, 0.5) is 0 Å². The van der Waals surface area contributed by atoms with Gasteiger partial charge in [-0.2, -0.15) is 0 Å². The Bertz CT molecular complexity index is 1630. The van der Waals surface area contributed by atoms with Crippen LogP contribution in [0.15, 0.2) is 24.8 Å². The Labute approximate surface area is 245 Å². The minimum atomic E-state index is -0.157. The second-order valence-electron chi connectivity index (χ2n) is 10.4. The number of esters is 1. The molecule has 0 aliphatic carbocycles. The van der Waals surface area contributed by atoms with Crippen LogP contribution in [0, 0.1) is 20.8 Å². The first-order valence-electron chi connectivity index (χ1n) is 14.7. The average Bonchev–Trinajstić information content (AvgIpc) is 3.69. The van der Waals surface area contributed by atoms with E-state index in [2.05, 4.69) is 87.1 Å². The molecule has 0 saturated heterocycles. The van der Waals surface area contributed by atoms with E-state index in [-0.39, 0.29) is 5.97 Å². The highest BCUT2D eigenvalue weighted by Gasteiger charge is 2.20. The van der Waals surface area contributed by atoms with Crippen LogP contribution in [0.3, 0.4) is 0 Å². The van der Waals surface area contributed by atoms with E-state index in [9.17, 15) is 4.79 Å². The van der Waals surface area contributed by atoms with Gasteiger partial charge in [-0.15, -0.1) is 0 Å². The van der Waals surface area contributed by atoms with E-state index in [0.717, 1.165) is 63.2 Å². The summed E-state index contributed by atoms with van der Waals surface area (Å²) in [6.45, 7) is 23.0. The van der Waals surface area contributed by atoms with E-state index in [1.54, 1.807) is 6.92 Å². The van der Waals surface area contributed by atoms with Crippen LogP contribution in [0.2, 0.25) is 0 Å². The molecule has 0 fully saturated rings. The van der Waals surface area contributed by atoms with Crippen molar-refractivity contribution in [1.29, 1.82) is 0 Å². The van der Waals surface area contributed by atoms with Crippen LogP contribution in [0.1, 0.15) is 104 Å². The highest BCUT2D eigenvalue weighted by Crippen LogP contribution is 2.31. The van der Waals surface area contributed by atoms with Gasteiger partial charge in [-0.05, 0) is 92.6 Å². The van der Waals surface area contributed by atoms with E-state index in [1.165, 1.54) is 34.9 Å². The van der Waals surface area contributed by atoms with Crippen molar-refractivity contribution < 1.29 is 9.53 Å². The third kappa shape index (κ3) is 6.53. The van der Waals surface area contributed by atoms with Gasteiger partial charge < -0.3 is 14.7 Å². The summed E-state index contributed by atoms with van der Waals surface area (Å²) < 4.78 is 4.26. The first-order chi connectivity index (χ1) is 19.6. The standard InChI is InChI=1S/C29H32N4.C4H8O2.C2H6/c1-8-20-18(6)27-14-29-21(9-2)17(5)26(32-29)12-22-15(3)10-24(30-22)19(7)25-11-16(4)23(31-25)13-28(20)33-27;1-3-4(5)6-2;1-2/h9,11-15,32-33H,2,8,10H2,1,3-7H3;3H2,1-2H3;1-2H3. The normalized spacial score (nSPS) is 13.8.